The van der Waals surface area contributed by atoms with Gasteiger partial charge in [-0.15, -0.1) is 0 Å². The van der Waals surface area contributed by atoms with Crippen molar-refractivity contribution >= 4 is 17.4 Å². The predicted molar refractivity (Wildman–Crippen MR) is 86.2 cm³/mol. The van der Waals surface area contributed by atoms with E-state index in [1.807, 2.05) is 12.1 Å². The van der Waals surface area contributed by atoms with Gasteiger partial charge in [0.15, 0.2) is 11.9 Å². The number of Topliss-reactive ketones (excluding diaryl/α,β-unsaturated/α-hetero) is 1. The highest BCUT2D eigenvalue weighted by atomic mass is 16.5. The van der Waals surface area contributed by atoms with E-state index in [0.717, 1.165) is 0 Å². The van der Waals surface area contributed by atoms with Crippen LogP contribution in [-0.2, 0) is 4.79 Å². The SMILES string of the molecule is COc1cccc(C(=O)CN2C(=O)C(C)Oc3ccccc32)c1. The van der Waals surface area contributed by atoms with Gasteiger partial charge < -0.3 is 9.47 Å². The lowest BCUT2D eigenvalue weighted by atomic mass is 10.1. The van der Waals surface area contributed by atoms with Gasteiger partial charge in [0.2, 0.25) is 0 Å². The van der Waals surface area contributed by atoms with Crippen LogP contribution in [0.5, 0.6) is 11.5 Å². The fourth-order valence-corrected chi connectivity index (χ4v) is 2.55. The molecule has 23 heavy (non-hydrogen) atoms. The lowest BCUT2D eigenvalue weighted by Crippen LogP contribution is -2.46. The fraction of sp³-hybridized carbons (Fsp3) is 0.222. The highest BCUT2D eigenvalue weighted by Crippen LogP contribution is 2.33. The van der Waals surface area contributed by atoms with E-state index in [1.54, 1.807) is 50.4 Å². The second kappa shape index (κ2) is 6.12. The molecule has 1 heterocycles. The molecule has 5 nitrogen and oxygen atoms in total. The van der Waals surface area contributed by atoms with Crippen LogP contribution in [0.25, 0.3) is 0 Å². The van der Waals surface area contributed by atoms with Gasteiger partial charge in [-0.3, -0.25) is 14.5 Å². The Balaban J connectivity index is 1.89. The van der Waals surface area contributed by atoms with Crippen molar-refractivity contribution in [2.45, 2.75) is 13.0 Å². The molecule has 5 heteroatoms. The summed E-state index contributed by atoms with van der Waals surface area (Å²) in [4.78, 5) is 26.4. The molecule has 0 aromatic heterocycles. The minimum Gasteiger partial charge on any atom is -0.497 e. The number of benzene rings is 2. The monoisotopic (exact) mass is 311 g/mol. The Labute approximate surface area is 134 Å². The topological polar surface area (TPSA) is 55.8 Å². The molecule has 0 radical (unpaired) electrons. The number of rotatable bonds is 4. The minimum absolute atomic E-state index is 0.0310. The van der Waals surface area contributed by atoms with Gasteiger partial charge in [0.05, 0.1) is 19.3 Å². The van der Waals surface area contributed by atoms with Gasteiger partial charge in [-0.05, 0) is 31.2 Å². The van der Waals surface area contributed by atoms with E-state index in [0.29, 0.717) is 22.7 Å². The Morgan fingerprint density at radius 3 is 2.78 bits per heavy atom. The molecule has 118 valence electrons. The molecule has 2 aromatic carbocycles. The largest absolute Gasteiger partial charge is 0.497 e. The van der Waals surface area contributed by atoms with Crippen molar-refractivity contribution < 1.29 is 19.1 Å². The third kappa shape index (κ3) is 2.90. The molecule has 0 fully saturated rings. The summed E-state index contributed by atoms with van der Waals surface area (Å²) in [6, 6.07) is 14.1. The van der Waals surface area contributed by atoms with Crippen LogP contribution in [0, 0.1) is 0 Å². The lowest BCUT2D eigenvalue weighted by molar-refractivity contribution is -0.125. The summed E-state index contributed by atoms with van der Waals surface area (Å²) in [5, 5.41) is 0. The number of methoxy groups -OCH3 is 1. The van der Waals surface area contributed by atoms with Crippen LogP contribution in [0.2, 0.25) is 0 Å². The van der Waals surface area contributed by atoms with E-state index in [-0.39, 0.29) is 18.2 Å². The predicted octanol–water partition coefficient (Wildman–Crippen LogP) is 2.69. The molecular weight excluding hydrogens is 294 g/mol. The maximum Gasteiger partial charge on any atom is 0.268 e. The van der Waals surface area contributed by atoms with Crippen molar-refractivity contribution in [1.82, 2.24) is 0 Å². The number of hydrogen-bond donors (Lipinski definition) is 0. The first-order valence-corrected chi connectivity index (χ1v) is 7.34. The second-order valence-corrected chi connectivity index (χ2v) is 5.31. The molecule has 0 spiro atoms. The lowest BCUT2D eigenvalue weighted by Gasteiger charge is -2.32. The third-order valence-corrected chi connectivity index (χ3v) is 3.77. The first-order valence-electron chi connectivity index (χ1n) is 7.34. The van der Waals surface area contributed by atoms with E-state index >= 15 is 0 Å². The standard InChI is InChI=1S/C18H17NO4/c1-12-18(21)19(15-8-3-4-9-17(15)23-12)11-16(20)13-6-5-7-14(10-13)22-2/h3-10,12H,11H2,1-2H3. The van der Waals surface area contributed by atoms with Gasteiger partial charge in [-0.1, -0.05) is 24.3 Å². The number of hydrogen-bond acceptors (Lipinski definition) is 4. The Hall–Kier alpha value is -2.82. The summed E-state index contributed by atoms with van der Waals surface area (Å²) in [5.41, 5.74) is 1.13. The number of anilines is 1. The number of ether oxygens (including phenoxy) is 2. The summed E-state index contributed by atoms with van der Waals surface area (Å²) in [5.74, 6) is 0.845. The molecule has 0 bridgehead atoms. The number of carbonyl (C=O) groups excluding carboxylic acids is 2. The number of ketones is 1. The van der Waals surface area contributed by atoms with Crippen LogP contribution < -0.4 is 14.4 Å². The molecule has 0 saturated carbocycles. The average molecular weight is 311 g/mol. The maximum atomic E-state index is 12.6. The molecule has 1 atom stereocenters. The van der Waals surface area contributed by atoms with Crippen LogP contribution in [0.3, 0.4) is 0 Å². The molecule has 0 N–H and O–H groups in total. The molecule has 1 aliphatic heterocycles. The number of nitrogens with zero attached hydrogens (tertiary/aromatic N) is 1. The summed E-state index contributed by atoms with van der Waals surface area (Å²) in [7, 11) is 1.55. The van der Waals surface area contributed by atoms with Crippen molar-refractivity contribution in [3.8, 4) is 11.5 Å². The Kier molecular flexibility index (Phi) is 4.02. The number of amides is 1. The quantitative estimate of drug-likeness (QED) is 0.815. The Morgan fingerprint density at radius 1 is 1.22 bits per heavy atom. The second-order valence-electron chi connectivity index (χ2n) is 5.31. The van der Waals surface area contributed by atoms with E-state index in [4.69, 9.17) is 9.47 Å². The molecule has 3 rings (SSSR count). The zero-order valence-electron chi connectivity index (χ0n) is 13.0. The van der Waals surface area contributed by atoms with Gasteiger partial charge in [0.25, 0.3) is 5.91 Å². The van der Waals surface area contributed by atoms with E-state index in [1.165, 1.54) is 4.90 Å². The van der Waals surface area contributed by atoms with Crippen LogP contribution in [0.15, 0.2) is 48.5 Å². The molecular formula is C18H17NO4. The zero-order valence-corrected chi connectivity index (χ0v) is 13.0. The van der Waals surface area contributed by atoms with Gasteiger partial charge in [-0.2, -0.15) is 0 Å². The van der Waals surface area contributed by atoms with Crippen molar-refractivity contribution in [2.24, 2.45) is 0 Å². The highest BCUT2D eigenvalue weighted by Gasteiger charge is 2.32. The van der Waals surface area contributed by atoms with Crippen LogP contribution >= 0.6 is 0 Å². The Morgan fingerprint density at radius 2 is 2.00 bits per heavy atom. The number of fused-ring (bicyclic) bond motifs is 1. The summed E-state index contributed by atoms with van der Waals surface area (Å²) >= 11 is 0. The van der Waals surface area contributed by atoms with Gasteiger partial charge in [0, 0.05) is 5.56 Å². The molecule has 0 aliphatic carbocycles. The van der Waals surface area contributed by atoms with Crippen LogP contribution in [0.1, 0.15) is 17.3 Å². The summed E-state index contributed by atoms with van der Waals surface area (Å²) in [6.45, 7) is 1.65. The van der Waals surface area contributed by atoms with Crippen molar-refractivity contribution in [1.29, 1.82) is 0 Å². The van der Waals surface area contributed by atoms with Crippen molar-refractivity contribution in [3.63, 3.8) is 0 Å². The molecule has 2 aromatic rings. The van der Waals surface area contributed by atoms with Gasteiger partial charge >= 0.3 is 0 Å². The fourth-order valence-electron chi connectivity index (χ4n) is 2.55. The minimum atomic E-state index is -0.608. The molecule has 0 saturated heterocycles. The first-order chi connectivity index (χ1) is 11.1. The third-order valence-electron chi connectivity index (χ3n) is 3.77. The molecule has 1 aliphatic rings. The normalized spacial score (nSPS) is 16.5. The van der Waals surface area contributed by atoms with Gasteiger partial charge in [0.1, 0.15) is 11.5 Å². The van der Waals surface area contributed by atoms with E-state index < -0.39 is 6.10 Å². The highest BCUT2D eigenvalue weighted by molar-refractivity contribution is 6.08. The van der Waals surface area contributed by atoms with E-state index in [9.17, 15) is 9.59 Å². The smallest absolute Gasteiger partial charge is 0.268 e. The zero-order chi connectivity index (χ0) is 16.4. The van der Waals surface area contributed by atoms with Crippen LogP contribution in [0.4, 0.5) is 5.69 Å². The van der Waals surface area contributed by atoms with Crippen molar-refractivity contribution in [3.05, 3.63) is 54.1 Å². The number of carbonyl (C=O) groups is 2. The average Bonchev–Trinajstić information content (AvgIpc) is 2.58. The molecule has 1 unspecified atom stereocenters. The number of para-hydroxylation sites is 2. The van der Waals surface area contributed by atoms with E-state index in [2.05, 4.69) is 0 Å². The first kappa shape index (κ1) is 15.1. The Bertz CT molecular complexity index is 756. The van der Waals surface area contributed by atoms with Crippen molar-refractivity contribution in [2.75, 3.05) is 18.6 Å². The summed E-state index contributed by atoms with van der Waals surface area (Å²) in [6.07, 6.45) is -0.608. The molecule has 1 amide bonds. The summed E-state index contributed by atoms with van der Waals surface area (Å²) < 4.78 is 10.7. The van der Waals surface area contributed by atoms with Crippen LogP contribution in [-0.4, -0.2) is 31.4 Å². The van der Waals surface area contributed by atoms with Gasteiger partial charge in [-0.25, -0.2) is 0 Å². The maximum absolute atomic E-state index is 12.6.